The van der Waals surface area contributed by atoms with Gasteiger partial charge >= 0.3 is 0 Å². The second kappa shape index (κ2) is 7.74. The van der Waals surface area contributed by atoms with Crippen molar-refractivity contribution in [1.82, 2.24) is 9.88 Å². The first-order chi connectivity index (χ1) is 9.19. The van der Waals surface area contributed by atoms with E-state index in [2.05, 4.69) is 4.98 Å². The normalized spacial score (nSPS) is 24.0. The smallest absolute Gasteiger partial charge is 0.242 e. The van der Waals surface area contributed by atoms with Gasteiger partial charge in [-0.05, 0) is 12.8 Å². The second-order valence-corrected chi connectivity index (χ2v) is 6.27. The predicted molar refractivity (Wildman–Crippen MR) is 87.3 cm³/mol. The molecule has 5 nitrogen and oxygen atoms in total. The summed E-state index contributed by atoms with van der Waals surface area (Å²) in [6, 6.07) is 0. The lowest BCUT2D eigenvalue weighted by atomic mass is 9.96. The molecule has 21 heavy (non-hydrogen) atoms. The SMILES string of the molecule is Cl.Cl.NC1(C(=O)N2CCOC(c3nccs3)C2)CCCC1. The number of nitrogens with zero attached hydrogens (tertiary/aromatic N) is 2. The van der Waals surface area contributed by atoms with E-state index in [9.17, 15) is 4.79 Å². The average Bonchev–Trinajstić information content (AvgIpc) is 3.10. The summed E-state index contributed by atoms with van der Waals surface area (Å²) in [6.07, 6.45) is 5.41. The minimum Gasteiger partial charge on any atom is -0.367 e. The molecule has 1 atom stereocenters. The molecule has 1 saturated heterocycles. The van der Waals surface area contributed by atoms with E-state index in [1.165, 1.54) is 0 Å². The molecule has 2 N–H and O–H groups in total. The highest BCUT2D eigenvalue weighted by Crippen LogP contribution is 2.31. The average molecular weight is 354 g/mol. The Morgan fingerprint density at radius 3 is 2.76 bits per heavy atom. The first-order valence-electron chi connectivity index (χ1n) is 6.78. The van der Waals surface area contributed by atoms with Gasteiger partial charge < -0.3 is 15.4 Å². The number of rotatable bonds is 2. The Kier molecular flexibility index (Phi) is 6.87. The summed E-state index contributed by atoms with van der Waals surface area (Å²) in [7, 11) is 0. The van der Waals surface area contributed by atoms with Crippen LogP contribution in [0.25, 0.3) is 0 Å². The molecule has 2 aliphatic rings. The van der Waals surface area contributed by atoms with Gasteiger partial charge in [0.25, 0.3) is 0 Å². The minimum absolute atomic E-state index is 0. The summed E-state index contributed by atoms with van der Waals surface area (Å²) in [5.41, 5.74) is 5.62. The number of halogens is 2. The van der Waals surface area contributed by atoms with Crippen LogP contribution in [0.15, 0.2) is 11.6 Å². The van der Waals surface area contributed by atoms with Gasteiger partial charge in [-0.3, -0.25) is 4.79 Å². The number of carbonyl (C=O) groups is 1. The molecule has 1 aromatic heterocycles. The number of ether oxygens (including phenoxy) is 1. The summed E-state index contributed by atoms with van der Waals surface area (Å²) in [5, 5.41) is 2.87. The zero-order chi connectivity index (χ0) is 13.3. The predicted octanol–water partition coefficient (Wildman–Crippen LogP) is 2.16. The highest BCUT2D eigenvalue weighted by molar-refractivity contribution is 7.09. The van der Waals surface area contributed by atoms with Crippen molar-refractivity contribution >= 4 is 42.1 Å². The van der Waals surface area contributed by atoms with E-state index < -0.39 is 5.54 Å². The molecule has 1 aliphatic carbocycles. The van der Waals surface area contributed by atoms with Crippen molar-refractivity contribution in [3.05, 3.63) is 16.6 Å². The Bertz CT molecular complexity index is 452. The highest BCUT2D eigenvalue weighted by Gasteiger charge is 2.41. The van der Waals surface area contributed by atoms with Crippen molar-refractivity contribution in [2.24, 2.45) is 5.73 Å². The molecule has 1 aliphatic heterocycles. The third-order valence-corrected chi connectivity index (χ3v) is 4.87. The Balaban J connectivity index is 0.00000110. The third-order valence-electron chi connectivity index (χ3n) is 4.00. The largest absolute Gasteiger partial charge is 0.367 e. The van der Waals surface area contributed by atoms with Crippen LogP contribution in [0, 0.1) is 0 Å². The molecular weight excluding hydrogens is 333 g/mol. The van der Waals surface area contributed by atoms with Crippen molar-refractivity contribution in [3.8, 4) is 0 Å². The van der Waals surface area contributed by atoms with Gasteiger partial charge in [0.1, 0.15) is 11.1 Å². The maximum atomic E-state index is 12.6. The zero-order valence-corrected chi connectivity index (χ0v) is 14.1. The number of aromatic nitrogens is 1. The molecule has 0 radical (unpaired) electrons. The van der Waals surface area contributed by atoms with E-state index in [1.54, 1.807) is 17.5 Å². The van der Waals surface area contributed by atoms with Crippen molar-refractivity contribution in [2.75, 3.05) is 19.7 Å². The number of morpholine rings is 1. The first kappa shape index (κ1) is 18.6. The standard InChI is InChI=1S/C13H19N3O2S.2ClH/c14-13(3-1-2-4-13)12(17)16-6-7-18-10(9-16)11-15-5-8-19-11;;/h5,8,10H,1-4,6-7,9,14H2;2*1H. The maximum absolute atomic E-state index is 12.6. The monoisotopic (exact) mass is 353 g/mol. The number of carbonyl (C=O) groups excluding carboxylic acids is 1. The Morgan fingerprint density at radius 2 is 2.14 bits per heavy atom. The van der Waals surface area contributed by atoms with Crippen LogP contribution in [0.4, 0.5) is 0 Å². The molecule has 2 fully saturated rings. The van der Waals surface area contributed by atoms with Crippen molar-refractivity contribution in [1.29, 1.82) is 0 Å². The lowest BCUT2D eigenvalue weighted by molar-refractivity contribution is -0.144. The van der Waals surface area contributed by atoms with Gasteiger partial charge in [-0.1, -0.05) is 12.8 Å². The molecule has 1 amide bonds. The topological polar surface area (TPSA) is 68.5 Å². The molecular formula is C13H21Cl2N3O2S. The number of nitrogens with two attached hydrogens (primary N) is 1. The highest BCUT2D eigenvalue weighted by atomic mass is 35.5. The Morgan fingerprint density at radius 1 is 1.43 bits per heavy atom. The van der Waals surface area contributed by atoms with Gasteiger partial charge in [0.2, 0.25) is 5.91 Å². The van der Waals surface area contributed by atoms with Crippen molar-refractivity contribution in [3.63, 3.8) is 0 Å². The molecule has 1 unspecified atom stereocenters. The van der Waals surface area contributed by atoms with Crippen LogP contribution in [0.2, 0.25) is 0 Å². The zero-order valence-electron chi connectivity index (χ0n) is 11.7. The van der Waals surface area contributed by atoms with E-state index in [1.807, 2.05) is 10.3 Å². The van der Waals surface area contributed by atoms with Gasteiger partial charge in [-0.15, -0.1) is 36.2 Å². The van der Waals surface area contributed by atoms with Gasteiger partial charge in [-0.25, -0.2) is 4.98 Å². The van der Waals surface area contributed by atoms with E-state index >= 15 is 0 Å². The van der Waals surface area contributed by atoms with Gasteiger partial charge in [-0.2, -0.15) is 0 Å². The summed E-state index contributed by atoms with van der Waals surface area (Å²) < 4.78 is 5.71. The number of amides is 1. The number of thiazole rings is 1. The Hall–Kier alpha value is -0.400. The lowest BCUT2D eigenvalue weighted by Crippen LogP contribution is -2.56. The fraction of sp³-hybridized carbons (Fsp3) is 0.692. The molecule has 1 saturated carbocycles. The molecule has 0 bridgehead atoms. The summed E-state index contributed by atoms with van der Waals surface area (Å²) >= 11 is 1.57. The van der Waals surface area contributed by atoms with Crippen LogP contribution in [-0.4, -0.2) is 41.0 Å². The number of hydrogen-bond donors (Lipinski definition) is 1. The second-order valence-electron chi connectivity index (χ2n) is 5.34. The quantitative estimate of drug-likeness (QED) is 0.884. The summed E-state index contributed by atoms with van der Waals surface area (Å²) in [5.74, 6) is 0.0925. The van der Waals surface area contributed by atoms with Gasteiger partial charge in [0.15, 0.2) is 0 Å². The molecule has 0 spiro atoms. The van der Waals surface area contributed by atoms with Crippen LogP contribution in [0.5, 0.6) is 0 Å². The van der Waals surface area contributed by atoms with Crippen LogP contribution < -0.4 is 5.73 Å². The molecule has 1 aromatic rings. The fourth-order valence-electron chi connectivity index (χ4n) is 2.91. The fourth-order valence-corrected chi connectivity index (χ4v) is 3.59. The number of hydrogen-bond acceptors (Lipinski definition) is 5. The van der Waals surface area contributed by atoms with E-state index in [0.29, 0.717) is 19.7 Å². The summed E-state index contributed by atoms with van der Waals surface area (Å²) in [4.78, 5) is 18.7. The first-order valence-corrected chi connectivity index (χ1v) is 7.66. The van der Waals surface area contributed by atoms with Crippen LogP contribution in [0.3, 0.4) is 0 Å². The van der Waals surface area contributed by atoms with Crippen LogP contribution in [-0.2, 0) is 9.53 Å². The molecule has 0 aromatic carbocycles. The van der Waals surface area contributed by atoms with Crippen molar-refractivity contribution in [2.45, 2.75) is 37.3 Å². The van der Waals surface area contributed by atoms with Crippen LogP contribution in [0.1, 0.15) is 36.8 Å². The Labute approximate surface area is 141 Å². The van der Waals surface area contributed by atoms with E-state index in [-0.39, 0.29) is 36.8 Å². The van der Waals surface area contributed by atoms with Gasteiger partial charge in [0, 0.05) is 18.1 Å². The van der Waals surface area contributed by atoms with Crippen LogP contribution >= 0.6 is 36.2 Å². The third kappa shape index (κ3) is 3.87. The van der Waals surface area contributed by atoms with Crippen molar-refractivity contribution < 1.29 is 9.53 Å². The minimum atomic E-state index is -0.634. The summed E-state index contributed by atoms with van der Waals surface area (Å²) in [6.45, 7) is 1.77. The molecule has 120 valence electrons. The van der Waals surface area contributed by atoms with E-state index in [0.717, 1.165) is 30.7 Å². The van der Waals surface area contributed by atoms with E-state index in [4.69, 9.17) is 10.5 Å². The van der Waals surface area contributed by atoms with Gasteiger partial charge in [0.05, 0.1) is 18.7 Å². The molecule has 2 heterocycles. The maximum Gasteiger partial charge on any atom is 0.242 e. The lowest BCUT2D eigenvalue weighted by Gasteiger charge is -2.36. The molecule has 3 rings (SSSR count). The molecule has 8 heteroatoms.